The highest BCUT2D eigenvalue weighted by atomic mass is 19.4. The molecule has 5 nitrogen and oxygen atoms in total. The quantitative estimate of drug-likeness (QED) is 0.181. The van der Waals surface area contributed by atoms with Gasteiger partial charge in [0.15, 0.2) is 11.5 Å². The van der Waals surface area contributed by atoms with E-state index in [1.807, 2.05) is 0 Å². The molecule has 0 aliphatic rings. The van der Waals surface area contributed by atoms with Gasteiger partial charge in [0, 0.05) is 0 Å². The Morgan fingerprint density at radius 1 is 0.564 bits per heavy atom. The Morgan fingerprint density at radius 3 is 1.44 bits per heavy atom. The summed E-state index contributed by atoms with van der Waals surface area (Å²) in [7, 11) is 0. The summed E-state index contributed by atoms with van der Waals surface area (Å²) in [6, 6.07) is 4.77. The number of ether oxygens (including phenoxy) is 2. The molecule has 1 heterocycles. The molecule has 2 aromatic rings. The first-order valence-electron chi connectivity index (χ1n) is 9.28. The monoisotopic (exact) mass is 600 g/mol. The predicted octanol–water partition coefficient (Wildman–Crippen LogP) is 6.78. The molecule has 1 aromatic heterocycles. The molecule has 0 N–H and O–H groups in total. The second-order valence-electron chi connectivity index (χ2n) is 7.15. The molecular formula is C19H7F15O5. The average Bonchev–Trinajstić information content (AvgIpc) is 3.34. The van der Waals surface area contributed by atoms with Crippen LogP contribution in [0, 0.1) is 0 Å². The van der Waals surface area contributed by atoms with Crippen LogP contribution in [0.4, 0.5) is 65.9 Å². The van der Waals surface area contributed by atoms with E-state index in [2.05, 4.69) is 13.9 Å². The summed E-state index contributed by atoms with van der Waals surface area (Å²) < 4.78 is 212. The van der Waals surface area contributed by atoms with Gasteiger partial charge in [0.1, 0.15) is 0 Å². The van der Waals surface area contributed by atoms with E-state index in [0.29, 0.717) is 12.1 Å². The lowest BCUT2D eigenvalue weighted by Crippen LogP contribution is -2.73. The zero-order valence-electron chi connectivity index (χ0n) is 17.8. The smallest absolute Gasteiger partial charge is 0.457 e. The van der Waals surface area contributed by atoms with Crippen LogP contribution in [0.2, 0.25) is 0 Å². The molecule has 0 fully saturated rings. The largest absolute Gasteiger partial charge is 0.460 e. The van der Waals surface area contributed by atoms with Crippen LogP contribution in [-0.2, 0) is 4.79 Å². The molecule has 0 atom stereocenters. The number of para-hydroxylation sites is 2. The fourth-order valence-corrected chi connectivity index (χ4v) is 2.42. The zero-order chi connectivity index (χ0) is 30.5. The van der Waals surface area contributed by atoms with Crippen molar-refractivity contribution in [1.29, 1.82) is 0 Å². The lowest BCUT2D eigenvalue weighted by molar-refractivity contribution is -0.450. The Morgan fingerprint density at radius 2 is 1.00 bits per heavy atom. The minimum Gasteiger partial charge on any atom is -0.457 e. The van der Waals surface area contributed by atoms with Gasteiger partial charge in [-0.1, -0.05) is 12.1 Å². The highest BCUT2D eigenvalue weighted by molar-refractivity contribution is 5.89. The summed E-state index contributed by atoms with van der Waals surface area (Å²) in [6.07, 6.45) is -6.83. The SMILES string of the molecule is O=C(Oc1ccccc1OC(=O)C(F)(F)C(F)(F)C(F)(F)C(F)(F)C(F)(F)C(F)(F)C(F)(F)F)c1ccco1. The summed E-state index contributed by atoms with van der Waals surface area (Å²) in [6.45, 7) is 0. The van der Waals surface area contributed by atoms with Gasteiger partial charge in [-0.25, -0.2) is 9.59 Å². The van der Waals surface area contributed by atoms with E-state index < -0.39 is 70.9 Å². The fraction of sp³-hybridized carbons (Fsp3) is 0.368. The van der Waals surface area contributed by atoms with Crippen molar-refractivity contribution in [2.24, 2.45) is 0 Å². The number of esters is 2. The minimum absolute atomic E-state index is 0.377. The fourth-order valence-electron chi connectivity index (χ4n) is 2.42. The Labute approximate surface area is 204 Å². The summed E-state index contributed by atoms with van der Waals surface area (Å²) in [5.74, 6) is -57.6. The third kappa shape index (κ3) is 4.83. The number of alkyl halides is 15. The molecular weight excluding hydrogens is 593 g/mol. The van der Waals surface area contributed by atoms with Gasteiger partial charge in [0.25, 0.3) is 0 Å². The molecule has 0 saturated carbocycles. The van der Waals surface area contributed by atoms with Gasteiger partial charge in [-0.15, -0.1) is 0 Å². The average molecular weight is 600 g/mol. The van der Waals surface area contributed by atoms with Crippen molar-refractivity contribution in [3.8, 4) is 11.5 Å². The summed E-state index contributed by atoms with van der Waals surface area (Å²) in [5, 5.41) is 0. The summed E-state index contributed by atoms with van der Waals surface area (Å²) in [5.41, 5.74) is 0. The van der Waals surface area contributed by atoms with Gasteiger partial charge in [0.05, 0.1) is 6.26 Å². The third-order valence-corrected chi connectivity index (χ3v) is 4.56. The lowest BCUT2D eigenvalue weighted by Gasteiger charge is -2.40. The van der Waals surface area contributed by atoms with Gasteiger partial charge in [0.2, 0.25) is 5.76 Å². The van der Waals surface area contributed by atoms with Crippen molar-refractivity contribution >= 4 is 11.9 Å². The maximum atomic E-state index is 14.0. The first-order valence-corrected chi connectivity index (χ1v) is 9.28. The number of benzene rings is 1. The first-order chi connectivity index (χ1) is 17.4. The normalized spacial score (nSPS) is 14.2. The van der Waals surface area contributed by atoms with Crippen molar-refractivity contribution < 1.29 is 89.3 Å². The first kappa shape index (κ1) is 31.6. The minimum atomic E-state index is -8.57. The molecule has 1 aromatic carbocycles. The van der Waals surface area contributed by atoms with Gasteiger partial charge in [-0.3, -0.25) is 0 Å². The molecule has 0 aliphatic heterocycles. The Bertz CT molecular complexity index is 1200. The number of carbonyl (C=O) groups excluding carboxylic acids is 2. The molecule has 0 spiro atoms. The van der Waals surface area contributed by atoms with E-state index in [1.54, 1.807) is 0 Å². The topological polar surface area (TPSA) is 65.7 Å². The molecule has 218 valence electrons. The van der Waals surface area contributed by atoms with E-state index in [-0.39, 0.29) is 0 Å². The van der Waals surface area contributed by atoms with Gasteiger partial charge in [-0.05, 0) is 24.3 Å². The van der Waals surface area contributed by atoms with Crippen LogP contribution in [0.15, 0.2) is 47.1 Å². The maximum Gasteiger partial charge on any atom is 0.460 e. The van der Waals surface area contributed by atoms with Gasteiger partial charge >= 0.3 is 53.7 Å². The number of hydrogen-bond acceptors (Lipinski definition) is 5. The molecule has 0 unspecified atom stereocenters. The molecule has 0 aliphatic carbocycles. The number of rotatable bonds is 9. The maximum absolute atomic E-state index is 14.0. The van der Waals surface area contributed by atoms with E-state index in [1.165, 1.54) is 0 Å². The van der Waals surface area contributed by atoms with Crippen LogP contribution in [0.3, 0.4) is 0 Å². The predicted molar refractivity (Wildman–Crippen MR) is 91.5 cm³/mol. The Balaban J connectivity index is 2.45. The lowest BCUT2D eigenvalue weighted by atomic mass is 9.91. The zero-order valence-corrected chi connectivity index (χ0v) is 17.8. The molecule has 0 amide bonds. The van der Waals surface area contributed by atoms with Crippen LogP contribution in [0.5, 0.6) is 11.5 Å². The third-order valence-electron chi connectivity index (χ3n) is 4.56. The number of furan rings is 1. The Hall–Kier alpha value is -3.61. The van der Waals surface area contributed by atoms with E-state index in [4.69, 9.17) is 0 Å². The van der Waals surface area contributed by atoms with Crippen molar-refractivity contribution in [3.05, 3.63) is 48.4 Å². The van der Waals surface area contributed by atoms with Crippen LogP contribution in [-0.4, -0.2) is 53.7 Å². The van der Waals surface area contributed by atoms with Crippen LogP contribution >= 0.6 is 0 Å². The number of halogens is 15. The van der Waals surface area contributed by atoms with Crippen molar-refractivity contribution in [2.75, 3.05) is 0 Å². The summed E-state index contributed by atoms with van der Waals surface area (Å²) in [4.78, 5) is 23.5. The Kier molecular flexibility index (Phi) is 7.73. The van der Waals surface area contributed by atoms with Crippen LogP contribution in [0.1, 0.15) is 10.6 Å². The molecule has 39 heavy (non-hydrogen) atoms. The molecule has 20 heteroatoms. The van der Waals surface area contributed by atoms with Gasteiger partial charge < -0.3 is 13.9 Å². The van der Waals surface area contributed by atoms with Crippen LogP contribution < -0.4 is 9.47 Å². The molecule has 0 saturated heterocycles. The second-order valence-corrected chi connectivity index (χ2v) is 7.15. The van der Waals surface area contributed by atoms with E-state index >= 15 is 0 Å². The second kappa shape index (κ2) is 9.54. The van der Waals surface area contributed by atoms with Gasteiger partial charge in [-0.2, -0.15) is 65.9 Å². The number of carbonyl (C=O) groups is 2. The highest BCUT2D eigenvalue weighted by Crippen LogP contribution is 2.62. The van der Waals surface area contributed by atoms with E-state index in [9.17, 15) is 75.4 Å². The summed E-state index contributed by atoms with van der Waals surface area (Å²) >= 11 is 0. The molecule has 0 bridgehead atoms. The van der Waals surface area contributed by atoms with Crippen molar-refractivity contribution in [2.45, 2.75) is 41.7 Å². The molecule has 2 rings (SSSR count). The number of hydrogen-bond donors (Lipinski definition) is 0. The molecule has 0 radical (unpaired) electrons. The highest BCUT2D eigenvalue weighted by Gasteiger charge is 2.94. The van der Waals surface area contributed by atoms with E-state index in [0.717, 1.165) is 30.5 Å². The standard InChI is InChI=1S/C19H7F15O5/c20-13(21,12(36)39-9-5-2-1-4-8(9)38-11(35)10-6-3-7-37-10)14(22,23)15(24,25)16(26,27)17(28,29)18(30,31)19(32,33)34/h1-7H. The van der Waals surface area contributed by atoms with Crippen molar-refractivity contribution in [1.82, 2.24) is 0 Å². The van der Waals surface area contributed by atoms with Crippen LogP contribution in [0.25, 0.3) is 0 Å². The van der Waals surface area contributed by atoms with Crippen molar-refractivity contribution in [3.63, 3.8) is 0 Å².